The Morgan fingerprint density at radius 3 is 2.56 bits per heavy atom. The van der Waals surface area contributed by atoms with Gasteiger partial charge in [0.2, 0.25) is 0 Å². The molecule has 1 aromatic heterocycles. The number of nitrogens with one attached hydrogen (secondary N) is 1. The summed E-state index contributed by atoms with van der Waals surface area (Å²) >= 11 is 1.84. The molecule has 0 saturated carbocycles. The van der Waals surface area contributed by atoms with Crippen LogP contribution in [0.5, 0.6) is 0 Å². The van der Waals surface area contributed by atoms with E-state index in [1.165, 1.54) is 10.4 Å². The molecule has 1 aliphatic heterocycles. The van der Waals surface area contributed by atoms with Crippen molar-refractivity contribution in [2.24, 2.45) is 4.99 Å². The molecule has 0 radical (unpaired) electrons. The van der Waals surface area contributed by atoms with Crippen LogP contribution in [0.1, 0.15) is 10.4 Å². The van der Waals surface area contributed by atoms with Crippen LogP contribution in [0.2, 0.25) is 0 Å². The van der Waals surface area contributed by atoms with Crippen LogP contribution < -0.4 is 5.32 Å². The number of benzene rings is 1. The van der Waals surface area contributed by atoms with Crippen LogP contribution in [0.25, 0.3) is 0 Å². The van der Waals surface area contributed by atoms with Crippen molar-refractivity contribution in [3.63, 3.8) is 0 Å². The summed E-state index contributed by atoms with van der Waals surface area (Å²) in [5.41, 5.74) is 1.21. The van der Waals surface area contributed by atoms with E-state index in [0.29, 0.717) is 13.2 Å². The zero-order valence-corrected chi connectivity index (χ0v) is 19.0. The predicted octanol–water partition coefficient (Wildman–Crippen LogP) is 3.28. The van der Waals surface area contributed by atoms with Gasteiger partial charge in [0.05, 0.1) is 13.2 Å². The Morgan fingerprint density at radius 1 is 1.11 bits per heavy atom. The molecule has 0 bridgehead atoms. The smallest absolute Gasteiger partial charge is 0.193 e. The largest absolute Gasteiger partial charge is 0.375 e. The first-order valence-corrected chi connectivity index (χ1v) is 10.0. The van der Waals surface area contributed by atoms with Crippen molar-refractivity contribution in [3.8, 4) is 0 Å². The number of guanidine groups is 1. The van der Waals surface area contributed by atoms with Gasteiger partial charge in [-0.2, -0.15) is 0 Å². The summed E-state index contributed by atoms with van der Waals surface area (Å²) in [5.74, 6) is 0.976. The van der Waals surface area contributed by atoms with Crippen molar-refractivity contribution >= 4 is 41.3 Å². The summed E-state index contributed by atoms with van der Waals surface area (Å²) in [6.45, 7) is 7.33. The molecule has 1 N–H and O–H groups in total. The molecule has 2 heterocycles. The van der Waals surface area contributed by atoms with Crippen LogP contribution in [0.4, 0.5) is 0 Å². The van der Waals surface area contributed by atoms with E-state index in [-0.39, 0.29) is 24.0 Å². The zero-order chi connectivity index (χ0) is 18.0. The standard InChI is InChI=1S/C20H28N4OS.HI/c1-21-20(22-9-14-25-17-18-6-3-2-4-7-18)24-12-10-23(11-13-24)16-19-8-5-15-26-19;/h2-8,15H,9-14,16-17H2,1H3,(H,21,22);1H. The highest BCUT2D eigenvalue weighted by Gasteiger charge is 2.19. The maximum absolute atomic E-state index is 5.73. The number of ether oxygens (including phenoxy) is 1. The highest BCUT2D eigenvalue weighted by Crippen LogP contribution is 2.13. The number of thiophene rings is 1. The van der Waals surface area contributed by atoms with Crippen LogP contribution in [0.3, 0.4) is 0 Å². The Labute approximate surface area is 183 Å². The summed E-state index contributed by atoms with van der Waals surface area (Å²) in [6.07, 6.45) is 0. The van der Waals surface area contributed by atoms with E-state index in [1.54, 1.807) is 0 Å². The maximum Gasteiger partial charge on any atom is 0.193 e. The Kier molecular flexibility index (Phi) is 10.1. The lowest BCUT2D eigenvalue weighted by Crippen LogP contribution is -2.52. The van der Waals surface area contributed by atoms with Crippen LogP contribution in [-0.2, 0) is 17.9 Å². The van der Waals surface area contributed by atoms with E-state index >= 15 is 0 Å². The molecular weight excluding hydrogens is 471 g/mol. The van der Waals surface area contributed by atoms with E-state index < -0.39 is 0 Å². The quantitative estimate of drug-likeness (QED) is 0.274. The monoisotopic (exact) mass is 500 g/mol. The van der Waals surface area contributed by atoms with E-state index in [4.69, 9.17) is 4.74 Å². The van der Waals surface area contributed by atoms with E-state index in [0.717, 1.165) is 45.2 Å². The third-order valence-electron chi connectivity index (χ3n) is 4.48. The van der Waals surface area contributed by atoms with Gasteiger partial charge >= 0.3 is 0 Å². The van der Waals surface area contributed by atoms with Gasteiger partial charge in [0.1, 0.15) is 0 Å². The minimum absolute atomic E-state index is 0. The van der Waals surface area contributed by atoms with Gasteiger partial charge in [-0.15, -0.1) is 35.3 Å². The average Bonchev–Trinajstić information content (AvgIpc) is 3.19. The molecule has 27 heavy (non-hydrogen) atoms. The molecule has 1 fully saturated rings. The summed E-state index contributed by atoms with van der Waals surface area (Å²) < 4.78 is 5.73. The third-order valence-corrected chi connectivity index (χ3v) is 5.35. The molecule has 0 spiro atoms. The second-order valence-corrected chi connectivity index (χ2v) is 7.39. The summed E-state index contributed by atoms with van der Waals surface area (Å²) in [4.78, 5) is 10.7. The predicted molar refractivity (Wildman–Crippen MR) is 124 cm³/mol. The fraction of sp³-hybridized carbons (Fsp3) is 0.450. The molecule has 0 atom stereocenters. The van der Waals surface area contributed by atoms with E-state index in [9.17, 15) is 0 Å². The van der Waals surface area contributed by atoms with Gasteiger partial charge in [-0.05, 0) is 17.0 Å². The van der Waals surface area contributed by atoms with Gasteiger partial charge in [-0.3, -0.25) is 9.89 Å². The van der Waals surface area contributed by atoms with Gasteiger partial charge < -0.3 is 15.0 Å². The molecule has 1 aliphatic rings. The molecule has 0 amide bonds. The van der Waals surface area contributed by atoms with Gasteiger partial charge in [0.15, 0.2) is 5.96 Å². The van der Waals surface area contributed by atoms with E-state index in [2.05, 4.69) is 49.8 Å². The zero-order valence-electron chi connectivity index (χ0n) is 15.8. The first kappa shape index (κ1) is 22.1. The molecule has 2 aromatic rings. The Morgan fingerprint density at radius 2 is 1.89 bits per heavy atom. The summed E-state index contributed by atoms with van der Waals surface area (Å²) in [5, 5.41) is 5.57. The Balaban J connectivity index is 0.00000261. The average molecular weight is 500 g/mol. The SMILES string of the molecule is CN=C(NCCOCc1ccccc1)N1CCN(Cc2cccs2)CC1.I. The normalized spacial score (nSPS) is 15.4. The van der Waals surface area contributed by atoms with Gasteiger partial charge in [-0.25, -0.2) is 0 Å². The summed E-state index contributed by atoms with van der Waals surface area (Å²) in [6, 6.07) is 14.6. The molecule has 0 unspecified atom stereocenters. The lowest BCUT2D eigenvalue weighted by Gasteiger charge is -2.36. The van der Waals surface area contributed by atoms with Crippen LogP contribution >= 0.6 is 35.3 Å². The van der Waals surface area contributed by atoms with Crippen LogP contribution in [0.15, 0.2) is 52.8 Å². The lowest BCUT2D eigenvalue weighted by atomic mass is 10.2. The van der Waals surface area contributed by atoms with Gasteiger partial charge in [0, 0.05) is 51.2 Å². The lowest BCUT2D eigenvalue weighted by molar-refractivity contribution is 0.124. The number of hydrogen-bond donors (Lipinski definition) is 1. The topological polar surface area (TPSA) is 40.1 Å². The van der Waals surface area contributed by atoms with Gasteiger partial charge in [0.25, 0.3) is 0 Å². The molecule has 148 valence electrons. The molecular formula is C20H29IN4OS. The number of rotatable bonds is 7. The number of piperazine rings is 1. The number of aliphatic imine (C=N–C) groups is 1. The molecule has 1 saturated heterocycles. The molecule has 1 aromatic carbocycles. The number of hydrogen-bond acceptors (Lipinski definition) is 4. The second kappa shape index (κ2) is 12.3. The minimum Gasteiger partial charge on any atom is -0.375 e. The highest BCUT2D eigenvalue weighted by atomic mass is 127. The highest BCUT2D eigenvalue weighted by molar-refractivity contribution is 14.0. The van der Waals surface area contributed by atoms with Crippen molar-refractivity contribution in [2.75, 3.05) is 46.4 Å². The molecule has 7 heteroatoms. The molecule has 3 rings (SSSR count). The number of halogens is 1. The van der Waals surface area contributed by atoms with Gasteiger partial charge in [-0.1, -0.05) is 36.4 Å². The maximum atomic E-state index is 5.73. The first-order chi connectivity index (χ1) is 12.8. The van der Waals surface area contributed by atoms with Crippen molar-refractivity contribution < 1.29 is 4.74 Å². The molecule has 0 aliphatic carbocycles. The fourth-order valence-electron chi connectivity index (χ4n) is 3.07. The Hall–Kier alpha value is -1.16. The van der Waals surface area contributed by atoms with Crippen molar-refractivity contribution in [3.05, 3.63) is 58.3 Å². The minimum atomic E-state index is 0. The van der Waals surface area contributed by atoms with Crippen LogP contribution in [-0.4, -0.2) is 62.1 Å². The second-order valence-electron chi connectivity index (χ2n) is 6.35. The summed E-state index contributed by atoms with van der Waals surface area (Å²) in [7, 11) is 1.85. The Bertz CT molecular complexity index is 658. The van der Waals surface area contributed by atoms with Crippen molar-refractivity contribution in [2.45, 2.75) is 13.2 Å². The van der Waals surface area contributed by atoms with Crippen molar-refractivity contribution in [1.29, 1.82) is 0 Å². The van der Waals surface area contributed by atoms with Crippen molar-refractivity contribution in [1.82, 2.24) is 15.1 Å². The first-order valence-electron chi connectivity index (χ1n) is 9.17. The number of nitrogens with zero attached hydrogens (tertiary/aromatic N) is 3. The van der Waals surface area contributed by atoms with E-state index in [1.807, 2.05) is 36.6 Å². The molecule has 5 nitrogen and oxygen atoms in total. The third kappa shape index (κ3) is 7.40. The fourth-order valence-corrected chi connectivity index (χ4v) is 3.82. The van der Waals surface area contributed by atoms with Crippen LogP contribution in [0, 0.1) is 0 Å².